The van der Waals surface area contributed by atoms with Crippen molar-refractivity contribution in [1.29, 1.82) is 0 Å². The van der Waals surface area contributed by atoms with E-state index in [2.05, 4.69) is 31.5 Å². The Morgan fingerprint density at radius 2 is 1.97 bits per heavy atom. The Morgan fingerprint density at radius 1 is 1.23 bits per heavy atom. The molecule has 1 saturated heterocycles. The van der Waals surface area contributed by atoms with Gasteiger partial charge in [0.1, 0.15) is 12.1 Å². The minimum atomic E-state index is -1.21. The predicted octanol–water partition coefficient (Wildman–Crippen LogP) is 4.29. The molecular formula is C22H19BrN4O3S. The quantitative estimate of drug-likeness (QED) is 0.513. The monoisotopic (exact) mass is 498 g/mol. The number of aryl methyl sites for hydroxylation is 1. The number of hydrogen-bond donors (Lipinski definition) is 2. The molecule has 1 unspecified atom stereocenters. The smallest absolute Gasteiger partial charge is 0.319 e. The molecule has 2 heterocycles. The Morgan fingerprint density at radius 3 is 2.68 bits per heavy atom. The summed E-state index contributed by atoms with van der Waals surface area (Å²) >= 11 is 4.70. The van der Waals surface area contributed by atoms with Crippen molar-refractivity contribution in [3.63, 3.8) is 0 Å². The van der Waals surface area contributed by atoms with Gasteiger partial charge in [-0.05, 0) is 31.5 Å². The van der Waals surface area contributed by atoms with Crippen molar-refractivity contribution in [3.05, 3.63) is 69.5 Å². The second-order valence-electron chi connectivity index (χ2n) is 7.41. The number of nitrogens with one attached hydrogen (secondary N) is 2. The van der Waals surface area contributed by atoms with Crippen molar-refractivity contribution >= 4 is 50.2 Å². The van der Waals surface area contributed by atoms with Crippen molar-refractivity contribution in [2.75, 3.05) is 11.9 Å². The summed E-state index contributed by atoms with van der Waals surface area (Å²) in [5, 5.41) is 7.61. The van der Waals surface area contributed by atoms with Gasteiger partial charge in [0.05, 0.1) is 5.69 Å². The molecule has 158 valence electrons. The van der Waals surface area contributed by atoms with Crippen molar-refractivity contribution < 1.29 is 14.4 Å². The molecule has 0 spiro atoms. The lowest BCUT2D eigenvalue weighted by Gasteiger charge is -2.22. The molecule has 1 aromatic heterocycles. The van der Waals surface area contributed by atoms with Gasteiger partial charge in [-0.2, -0.15) is 0 Å². The standard InChI is InChI=1S/C22H19BrN4O3S/c1-13-6-8-15(9-7-13)22(2)19(29)27(21(30)26-22)11-18(28)25-20-24-17(12-31-20)14-4-3-5-16(23)10-14/h3-10,12H,11H2,1-2H3,(H,26,30)(H,24,25,28). The van der Waals surface area contributed by atoms with Crippen LogP contribution in [0.2, 0.25) is 0 Å². The Balaban J connectivity index is 1.45. The number of aromatic nitrogens is 1. The lowest BCUT2D eigenvalue weighted by Crippen LogP contribution is -2.42. The first-order chi connectivity index (χ1) is 14.8. The number of nitrogens with zero attached hydrogens (tertiary/aromatic N) is 2. The van der Waals surface area contributed by atoms with Crippen molar-refractivity contribution in [2.24, 2.45) is 0 Å². The molecule has 4 rings (SSSR count). The number of anilines is 1. The maximum atomic E-state index is 13.0. The Kier molecular flexibility index (Phi) is 5.63. The van der Waals surface area contributed by atoms with E-state index in [1.54, 1.807) is 19.1 Å². The first kappa shape index (κ1) is 21.2. The maximum Gasteiger partial charge on any atom is 0.325 e. The van der Waals surface area contributed by atoms with E-state index in [1.807, 2.05) is 48.7 Å². The van der Waals surface area contributed by atoms with Crippen LogP contribution in [0.4, 0.5) is 9.93 Å². The number of halogens is 1. The van der Waals surface area contributed by atoms with Crippen LogP contribution in [0.3, 0.4) is 0 Å². The van der Waals surface area contributed by atoms with Gasteiger partial charge in [-0.3, -0.25) is 14.5 Å². The van der Waals surface area contributed by atoms with Crippen LogP contribution in [0.1, 0.15) is 18.1 Å². The highest BCUT2D eigenvalue weighted by Crippen LogP contribution is 2.30. The molecule has 0 saturated carbocycles. The molecule has 0 bridgehead atoms. The number of amides is 4. The highest BCUT2D eigenvalue weighted by molar-refractivity contribution is 9.10. The van der Waals surface area contributed by atoms with Gasteiger partial charge in [0.15, 0.2) is 5.13 Å². The lowest BCUT2D eigenvalue weighted by atomic mass is 9.91. The third-order valence-electron chi connectivity index (χ3n) is 5.08. The predicted molar refractivity (Wildman–Crippen MR) is 123 cm³/mol. The van der Waals surface area contributed by atoms with Gasteiger partial charge >= 0.3 is 6.03 Å². The summed E-state index contributed by atoms with van der Waals surface area (Å²) in [6, 6.07) is 14.4. The Bertz CT molecular complexity index is 1180. The molecule has 4 amide bonds. The fourth-order valence-corrected chi connectivity index (χ4v) is 4.47. The minimum absolute atomic E-state index is 0.391. The van der Waals surface area contributed by atoms with Gasteiger partial charge in [-0.25, -0.2) is 9.78 Å². The number of carbonyl (C=O) groups is 3. The highest BCUT2D eigenvalue weighted by Gasteiger charge is 2.49. The maximum absolute atomic E-state index is 13.0. The number of imide groups is 1. The van der Waals surface area contributed by atoms with Gasteiger partial charge in [-0.15, -0.1) is 11.3 Å². The van der Waals surface area contributed by atoms with Crippen LogP contribution in [-0.2, 0) is 15.1 Å². The first-order valence-electron chi connectivity index (χ1n) is 9.49. The molecule has 2 N–H and O–H groups in total. The fourth-order valence-electron chi connectivity index (χ4n) is 3.34. The second kappa shape index (κ2) is 8.24. The average molecular weight is 499 g/mol. The molecule has 9 heteroatoms. The summed E-state index contributed by atoms with van der Waals surface area (Å²) in [4.78, 5) is 43.3. The molecular weight excluding hydrogens is 480 g/mol. The summed E-state index contributed by atoms with van der Waals surface area (Å²) in [5.74, 6) is -0.961. The summed E-state index contributed by atoms with van der Waals surface area (Å²) < 4.78 is 0.929. The van der Waals surface area contributed by atoms with E-state index in [4.69, 9.17) is 0 Å². The molecule has 2 aromatic carbocycles. The van der Waals surface area contributed by atoms with Crippen LogP contribution >= 0.6 is 27.3 Å². The second-order valence-corrected chi connectivity index (χ2v) is 9.18. The molecule has 1 atom stereocenters. The molecule has 1 aliphatic heterocycles. The summed E-state index contributed by atoms with van der Waals surface area (Å²) in [5.41, 5.74) is 2.14. The van der Waals surface area contributed by atoms with Gasteiger partial charge in [0, 0.05) is 15.4 Å². The van der Waals surface area contributed by atoms with E-state index in [0.29, 0.717) is 10.7 Å². The number of benzene rings is 2. The van der Waals surface area contributed by atoms with Crippen LogP contribution in [-0.4, -0.2) is 34.3 Å². The number of carbonyl (C=O) groups excluding carboxylic acids is 3. The zero-order valence-corrected chi connectivity index (χ0v) is 19.2. The van der Waals surface area contributed by atoms with Gasteiger partial charge in [-0.1, -0.05) is 57.9 Å². The normalized spacial score (nSPS) is 18.2. The van der Waals surface area contributed by atoms with E-state index in [0.717, 1.165) is 26.2 Å². The third kappa shape index (κ3) is 4.24. The SMILES string of the molecule is Cc1ccc(C2(C)NC(=O)N(CC(=O)Nc3nc(-c4cccc(Br)c4)cs3)C2=O)cc1. The number of urea groups is 1. The third-order valence-corrected chi connectivity index (χ3v) is 6.33. The molecule has 31 heavy (non-hydrogen) atoms. The number of hydrogen-bond acceptors (Lipinski definition) is 5. The van der Waals surface area contributed by atoms with Gasteiger partial charge in [0.2, 0.25) is 5.91 Å². The summed E-state index contributed by atoms with van der Waals surface area (Å²) in [6.45, 7) is 3.19. The van der Waals surface area contributed by atoms with Gasteiger partial charge < -0.3 is 10.6 Å². The van der Waals surface area contributed by atoms with Crippen molar-refractivity contribution in [3.8, 4) is 11.3 Å². The molecule has 0 radical (unpaired) electrons. The van der Waals surface area contributed by atoms with Gasteiger partial charge in [0.25, 0.3) is 5.91 Å². The molecule has 7 nitrogen and oxygen atoms in total. The van der Waals surface area contributed by atoms with Crippen LogP contribution < -0.4 is 10.6 Å². The zero-order valence-electron chi connectivity index (χ0n) is 16.8. The Labute approximate surface area is 191 Å². The van der Waals surface area contributed by atoms with Crippen LogP contribution in [0.25, 0.3) is 11.3 Å². The van der Waals surface area contributed by atoms with E-state index < -0.39 is 29.9 Å². The summed E-state index contributed by atoms with van der Waals surface area (Å²) in [7, 11) is 0. The van der Waals surface area contributed by atoms with E-state index in [-0.39, 0.29) is 0 Å². The first-order valence-corrected chi connectivity index (χ1v) is 11.2. The number of rotatable bonds is 5. The van der Waals surface area contributed by atoms with Crippen LogP contribution in [0.15, 0.2) is 58.4 Å². The molecule has 1 fully saturated rings. The van der Waals surface area contributed by atoms with Crippen molar-refractivity contribution in [2.45, 2.75) is 19.4 Å². The molecule has 0 aliphatic carbocycles. The van der Waals surface area contributed by atoms with Crippen LogP contribution in [0, 0.1) is 6.92 Å². The average Bonchev–Trinajstić information content (AvgIpc) is 3.27. The highest BCUT2D eigenvalue weighted by atomic mass is 79.9. The Hall–Kier alpha value is -3.04. The molecule has 1 aliphatic rings. The van der Waals surface area contributed by atoms with Crippen LogP contribution in [0.5, 0.6) is 0 Å². The lowest BCUT2D eigenvalue weighted by molar-refractivity contribution is -0.133. The largest absolute Gasteiger partial charge is 0.325 e. The summed E-state index contributed by atoms with van der Waals surface area (Å²) in [6.07, 6.45) is 0. The van der Waals surface area contributed by atoms with Crippen molar-refractivity contribution in [1.82, 2.24) is 15.2 Å². The minimum Gasteiger partial charge on any atom is -0.319 e. The number of thiazole rings is 1. The zero-order chi connectivity index (χ0) is 22.2. The van der Waals surface area contributed by atoms with E-state index in [9.17, 15) is 14.4 Å². The fraction of sp³-hybridized carbons (Fsp3) is 0.182. The van der Waals surface area contributed by atoms with E-state index >= 15 is 0 Å². The topological polar surface area (TPSA) is 91.4 Å². The molecule has 3 aromatic rings. The van der Waals surface area contributed by atoms with E-state index in [1.165, 1.54) is 11.3 Å².